The molecule has 0 amide bonds. The number of aromatic nitrogens is 2. The largest absolute Gasteiger partial charge is 0.480 e. The summed E-state index contributed by atoms with van der Waals surface area (Å²) in [5, 5.41) is 16.5. The normalized spacial score (nSPS) is 17.4. The Kier molecular flexibility index (Phi) is 2.96. The highest BCUT2D eigenvalue weighted by Crippen LogP contribution is 2.28. The van der Waals surface area contributed by atoms with E-state index in [1.807, 2.05) is 6.92 Å². The summed E-state index contributed by atoms with van der Waals surface area (Å²) in [6.45, 7) is 2.62. The van der Waals surface area contributed by atoms with Crippen LogP contribution in [0.2, 0.25) is 0 Å². The van der Waals surface area contributed by atoms with Crippen molar-refractivity contribution in [1.82, 2.24) is 15.1 Å². The van der Waals surface area contributed by atoms with Crippen molar-refractivity contribution in [3.05, 3.63) is 17.5 Å². The van der Waals surface area contributed by atoms with E-state index in [2.05, 4.69) is 10.4 Å². The molecule has 0 aromatic carbocycles. The molecule has 2 rings (SSSR count). The summed E-state index contributed by atoms with van der Waals surface area (Å²) >= 11 is 0. The molecular formula is C11H17N3O2. The highest BCUT2D eigenvalue weighted by atomic mass is 16.4. The first-order chi connectivity index (χ1) is 7.58. The fourth-order valence-electron chi connectivity index (χ4n) is 1.84. The van der Waals surface area contributed by atoms with Gasteiger partial charge < -0.3 is 10.4 Å². The predicted octanol–water partition coefficient (Wildman–Crippen LogP) is 0.854. The SMILES string of the molecule is Cc1nn(C)cc1C(NCC1CC1)C(=O)O. The van der Waals surface area contributed by atoms with Crippen molar-refractivity contribution in [3.8, 4) is 0 Å². The maximum absolute atomic E-state index is 11.2. The summed E-state index contributed by atoms with van der Waals surface area (Å²) in [6.07, 6.45) is 4.20. The fraction of sp³-hybridized carbons (Fsp3) is 0.636. The average Bonchev–Trinajstić information content (AvgIpc) is 2.94. The van der Waals surface area contributed by atoms with E-state index in [-0.39, 0.29) is 0 Å². The van der Waals surface area contributed by atoms with Crippen LogP contribution in [0.25, 0.3) is 0 Å². The Bertz CT molecular complexity index is 396. The third-order valence-corrected chi connectivity index (χ3v) is 2.92. The third-order valence-electron chi connectivity index (χ3n) is 2.92. The van der Waals surface area contributed by atoms with Gasteiger partial charge in [-0.25, -0.2) is 0 Å². The molecule has 0 saturated heterocycles. The zero-order valence-electron chi connectivity index (χ0n) is 9.60. The van der Waals surface area contributed by atoms with Gasteiger partial charge in [0.15, 0.2) is 0 Å². The Morgan fingerprint density at radius 2 is 2.44 bits per heavy atom. The number of hydrogen-bond acceptors (Lipinski definition) is 3. The number of carbonyl (C=O) groups is 1. The second-order valence-corrected chi connectivity index (χ2v) is 4.47. The molecule has 0 aliphatic heterocycles. The number of aryl methyl sites for hydroxylation is 2. The monoisotopic (exact) mass is 223 g/mol. The third kappa shape index (κ3) is 2.41. The molecule has 2 N–H and O–H groups in total. The maximum atomic E-state index is 11.2. The molecule has 1 saturated carbocycles. The lowest BCUT2D eigenvalue weighted by atomic mass is 10.1. The molecular weight excluding hydrogens is 206 g/mol. The van der Waals surface area contributed by atoms with E-state index in [9.17, 15) is 9.90 Å². The van der Waals surface area contributed by atoms with Crippen LogP contribution in [0.4, 0.5) is 0 Å². The lowest BCUT2D eigenvalue weighted by Crippen LogP contribution is -2.30. The van der Waals surface area contributed by atoms with Gasteiger partial charge in [-0.3, -0.25) is 9.48 Å². The second kappa shape index (κ2) is 4.25. The molecule has 1 aliphatic carbocycles. The van der Waals surface area contributed by atoms with Crippen LogP contribution in [0.1, 0.15) is 30.1 Å². The van der Waals surface area contributed by atoms with Gasteiger partial charge in [0, 0.05) is 18.8 Å². The minimum Gasteiger partial charge on any atom is -0.480 e. The topological polar surface area (TPSA) is 67.2 Å². The molecule has 88 valence electrons. The molecule has 1 aromatic heterocycles. The van der Waals surface area contributed by atoms with Crippen LogP contribution in [0.15, 0.2) is 6.20 Å². The quantitative estimate of drug-likeness (QED) is 0.776. The molecule has 1 fully saturated rings. The zero-order chi connectivity index (χ0) is 11.7. The molecule has 0 radical (unpaired) electrons. The van der Waals surface area contributed by atoms with Crippen molar-refractivity contribution in [1.29, 1.82) is 0 Å². The average molecular weight is 223 g/mol. The first-order valence-electron chi connectivity index (χ1n) is 5.54. The number of aliphatic carboxylic acids is 1. The van der Waals surface area contributed by atoms with Crippen LogP contribution >= 0.6 is 0 Å². The van der Waals surface area contributed by atoms with Crippen molar-refractivity contribution in [3.63, 3.8) is 0 Å². The van der Waals surface area contributed by atoms with Crippen LogP contribution in [0, 0.1) is 12.8 Å². The highest BCUT2D eigenvalue weighted by Gasteiger charge is 2.27. The molecule has 1 atom stereocenters. The van der Waals surface area contributed by atoms with E-state index in [0.717, 1.165) is 17.8 Å². The second-order valence-electron chi connectivity index (χ2n) is 4.47. The Morgan fingerprint density at radius 1 is 1.75 bits per heavy atom. The van der Waals surface area contributed by atoms with Gasteiger partial charge in [0.05, 0.1) is 5.69 Å². The van der Waals surface area contributed by atoms with Gasteiger partial charge in [0.1, 0.15) is 6.04 Å². The van der Waals surface area contributed by atoms with Gasteiger partial charge in [-0.15, -0.1) is 0 Å². The first kappa shape index (κ1) is 11.1. The molecule has 0 bridgehead atoms. The van der Waals surface area contributed by atoms with Gasteiger partial charge in [-0.2, -0.15) is 5.10 Å². The van der Waals surface area contributed by atoms with Crippen LogP contribution in [0.5, 0.6) is 0 Å². The number of hydrogen-bond donors (Lipinski definition) is 2. The van der Waals surface area contributed by atoms with E-state index >= 15 is 0 Å². The maximum Gasteiger partial charge on any atom is 0.325 e. The number of carboxylic acids is 1. The molecule has 5 heteroatoms. The Balaban J connectivity index is 2.10. The summed E-state index contributed by atoms with van der Waals surface area (Å²) in [6, 6.07) is -0.630. The van der Waals surface area contributed by atoms with E-state index in [4.69, 9.17) is 0 Å². The molecule has 1 aliphatic rings. The van der Waals surface area contributed by atoms with Crippen LogP contribution < -0.4 is 5.32 Å². The van der Waals surface area contributed by atoms with Crippen LogP contribution in [0.3, 0.4) is 0 Å². The summed E-state index contributed by atoms with van der Waals surface area (Å²) in [4.78, 5) is 11.2. The number of carboxylic acid groups (broad SMARTS) is 1. The van der Waals surface area contributed by atoms with Crippen LogP contribution in [-0.4, -0.2) is 27.4 Å². The number of rotatable bonds is 5. The summed E-state index contributed by atoms with van der Waals surface area (Å²) < 4.78 is 1.65. The lowest BCUT2D eigenvalue weighted by Gasteiger charge is -2.13. The summed E-state index contributed by atoms with van der Waals surface area (Å²) in [5.74, 6) is -0.171. The lowest BCUT2D eigenvalue weighted by molar-refractivity contribution is -0.139. The van der Waals surface area contributed by atoms with Crippen molar-refractivity contribution < 1.29 is 9.90 Å². The first-order valence-corrected chi connectivity index (χ1v) is 5.54. The molecule has 1 aromatic rings. The molecule has 16 heavy (non-hydrogen) atoms. The van der Waals surface area contributed by atoms with Gasteiger partial charge in [-0.05, 0) is 32.2 Å². The summed E-state index contributed by atoms with van der Waals surface area (Å²) in [5.41, 5.74) is 1.54. The van der Waals surface area contributed by atoms with Crippen molar-refractivity contribution >= 4 is 5.97 Å². The molecule has 5 nitrogen and oxygen atoms in total. The van der Waals surface area contributed by atoms with Crippen molar-refractivity contribution in [2.75, 3.05) is 6.54 Å². The van der Waals surface area contributed by atoms with E-state index in [0.29, 0.717) is 5.92 Å². The molecule has 0 spiro atoms. The van der Waals surface area contributed by atoms with E-state index < -0.39 is 12.0 Å². The standard InChI is InChI=1S/C11H17N3O2/c1-7-9(6-14(2)13-7)10(11(15)16)12-5-8-3-4-8/h6,8,10,12H,3-5H2,1-2H3,(H,15,16). The van der Waals surface area contributed by atoms with Gasteiger partial charge in [0.2, 0.25) is 0 Å². The molecule has 1 unspecified atom stereocenters. The van der Waals surface area contributed by atoms with Gasteiger partial charge in [-0.1, -0.05) is 0 Å². The van der Waals surface area contributed by atoms with E-state index in [1.165, 1.54) is 12.8 Å². The Hall–Kier alpha value is -1.36. The molecule has 1 heterocycles. The number of nitrogens with zero attached hydrogens (tertiary/aromatic N) is 2. The van der Waals surface area contributed by atoms with E-state index in [1.54, 1.807) is 17.9 Å². The fourth-order valence-corrected chi connectivity index (χ4v) is 1.84. The van der Waals surface area contributed by atoms with Gasteiger partial charge >= 0.3 is 5.97 Å². The minimum absolute atomic E-state index is 0.630. The number of nitrogens with one attached hydrogen (secondary N) is 1. The van der Waals surface area contributed by atoms with Gasteiger partial charge in [0.25, 0.3) is 0 Å². The van der Waals surface area contributed by atoms with Crippen molar-refractivity contribution in [2.45, 2.75) is 25.8 Å². The zero-order valence-corrected chi connectivity index (χ0v) is 9.60. The highest BCUT2D eigenvalue weighted by molar-refractivity contribution is 5.75. The van der Waals surface area contributed by atoms with Crippen molar-refractivity contribution in [2.24, 2.45) is 13.0 Å². The Morgan fingerprint density at radius 3 is 2.88 bits per heavy atom. The smallest absolute Gasteiger partial charge is 0.325 e. The van der Waals surface area contributed by atoms with Crippen LogP contribution in [-0.2, 0) is 11.8 Å². The Labute approximate surface area is 94.5 Å². The minimum atomic E-state index is -0.836. The summed E-state index contributed by atoms with van der Waals surface area (Å²) in [7, 11) is 1.80. The predicted molar refractivity (Wildman–Crippen MR) is 59.0 cm³/mol.